The van der Waals surface area contributed by atoms with Gasteiger partial charge in [0, 0.05) is 24.4 Å². The number of aromatic amines is 1. The molecule has 1 N–H and O–H groups in total. The lowest BCUT2D eigenvalue weighted by atomic mass is 9.92. The Hall–Kier alpha value is -2.92. The highest BCUT2D eigenvalue weighted by atomic mass is 19.4. The van der Waals surface area contributed by atoms with Gasteiger partial charge in [-0.1, -0.05) is 30.3 Å². The van der Waals surface area contributed by atoms with E-state index >= 15 is 0 Å². The summed E-state index contributed by atoms with van der Waals surface area (Å²) in [7, 11) is 0.788. The van der Waals surface area contributed by atoms with Crippen molar-refractivity contribution in [2.24, 2.45) is 0 Å². The number of carbonyl (C=O) groups is 1. The molecule has 3 rings (SSSR count). The fraction of sp³-hybridized carbons (Fsp3) is 0.476. The van der Waals surface area contributed by atoms with E-state index in [1.165, 1.54) is 35.9 Å². The lowest BCUT2D eigenvalue weighted by Crippen LogP contribution is -2.52. The van der Waals surface area contributed by atoms with Crippen molar-refractivity contribution < 1.29 is 32.2 Å². The number of rotatable bonds is 6. The van der Waals surface area contributed by atoms with Gasteiger partial charge in [0.2, 0.25) is 0 Å². The van der Waals surface area contributed by atoms with Crippen LogP contribution in [0.25, 0.3) is 0 Å². The quantitative estimate of drug-likeness (QED) is 0.671. The van der Waals surface area contributed by atoms with Crippen LogP contribution in [0, 0.1) is 6.92 Å². The summed E-state index contributed by atoms with van der Waals surface area (Å²) in [5.41, 5.74) is -5.76. The number of nitrogens with zero attached hydrogens (tertiary/aromatic N) is 1. The van der Waals surface area contributed by atoms with Gasteiger partial charge in [-0.25, -0.2) is 9.59 Å². The lowest BCUT2D eigenvalue weighted by Gasteiger charge is -2.33. The van der Waals surface area contributed by atoms with E-state index in [1.807, 2.05) is 0 Å². The monoisotopic (exact) mass is 456 g/mol. The van der Waals surface area contributed by atoms with Crippen molar-refractivity contribution in [1.29, 1.82) is 0 Å². The van der Waals surface area contributed by atoms with Gasteiger partial charge in [0.05, 0.1) is 0 Å². The summed E-state index contributed by atoms with van der Waals surface area (Å²) < 4.78 is 58.8. The Kier molecular flexibility index (Phi) is 6.34. The number of aromatic nitrogens is 2. The summed E-state index contributed by atoms with van der Waals surface area (Å²) in [5, 5.41) is 0. The molecule has 174 valence electrons. The van der Waals surface area contributed by atoms with Gasteiger partial charge in [0.15, 0.2) is 0 Å². The predicted molar refractivity (Wildman–Crippen MR) is 106 cm³/mol. The Balaban J connectivity index is 1.79. The smallest absolute Gasteiger partial charge is 0.432 e. The number of hydrogen-bond donors (Lipinski definition) is 1. The van der Waals surface area contributed by atoms with Crippen LogP contribution < -0.4 is 11.2 Å². The Labute approximate surface area is 180 Å². The van der Waals surface area contributed by atoms with Crippen molar-refractivity contribution >= 4 is 5.97 Å². The average Bonchev–Trinajstić information content (AvgIpc) is 3.12. The number of alkyl halides is 3. The van der Waals surface area contributed by atoms with Crippen molar-refractivity contribution in [3.05, 3.63) is 68.5 Å². The summed E-state index contributed by atoms with van der Waals surface area (Å²) in [5.74, 6) is -1.62. The van der Waals surface area contributed by atoms with Crippen molar-refractivity contribution in [2.75, 3.05) is 13.7 Å². The highest BCUT2D eigenvalue weighted by molar-refractivity contribution is 5.82. The van der Waals surface area contributed by atoms with Gasteiger partial charge in [0.25, 0.3) is 11.2 Å². The number of aryl methyl sites for hydroxylation is 1. The largest absolute Gasteiger partial charge is 0.460 e. The SMILES string of the molecule is CO[C@](C(=O)OC[C@]1(C)CCC(n2cc(C)c(=O)[nH]c2=O)O1)(c1ccccc1)C(F)(F)F. The molecule has 1 unspecified atom stereocenters. The van der Waals surface area contributed by atoms with Crippen molar-refractivity contribution in [1.82, 2.24) is 9.55 Å². The summed E-state index contributed by atoms with van der Waals surface area (Å²) in [6.45, 7) is 2.59. The van der Waals surface area contributed by atoms with Gasteiger partial charge >= 0.3 is 17.8 Å². The Morgan fingerprint density at radius 2 is 1.94 bits per heavy atom. The topological polar surface area (TPSA) is 99.6 Å². The molecule has 0 aliphatic carbocycles. The fourth-order valence-corrected chi connectivity index (χ4v) is 3.68. The van der Waals surface area contributed by atoms with Crippen LogP contribution in [-0.2, 0) is 24.6 Å². The second-order valence-corrected chi connectivity index (χ2v) is 7.86. The Morgan fingerprint density at radius 1 is 1.28 bits per heavy atom. The van der Waals surface area contributed by atoms with Crippen LogP contribution >= 0.6 is 0 Å². The maximum absolute atomic E-state index is 14.0. The molecule has 3 atom stereocenters. The molecule has 0 radical (unpaired) electrons. The first-order chi connectivity index (χ1) is 14.9. The molecule has 11 heteroatoms. The zero-order valence-electron chi connectivity index (χ0n) is 17.7. The molecule has 1 fully saturated rings. The number of benzene rings is 1. The van der Waals surface area contributed by atoms with Gasteiger partial charge in [-0.15, -0.1) is 0 Å². The molecule has 0 bridgehead atoms. The van der Waals surface area contributed by atoms with Crippen molar-refractivity contribution in [3.63, 3.8) is 0 Å². The number of H-pyrrole nitrogens is 1. The lowest BCUT2D eigenvalue weighted by molar-refractivity contribution is -0.278. The van der Waals surface area contributed by atoms with Crippen LogP contribution in [0.5, 0.6) is 0 Å². The maximum Gasteiger partial charge on any atom is 0.432 e. The molecule has 1 aromatic carbocycles. The van der Waals surface area contributed by atoms with Crippen LogP contribution in [0.15, 0.2) is 46.1 Å². The number of halogens is 3. The van der Waals surface area contributed by atoms with Gasteiger partial charge in [-0.2, -0.15) is 13.2 Å². The second kappa shape index (κ2) is 8.55. The van der Waals surface area contributed by atoms with Gasteiger partial charge in [-0.05, 0) is 26.7 Å². The van der Waals surface area contributed by atoms with Crippen LogP contribution in [0.4, 0.5) is 13.2 Å². The molecular formula is C21H23F3N2O6. The van der Waals surface area contributed by atoms with Crippen LogP contribution in [0.3, 0.4) is 0 Å². The first-order valence-electron chi connectivity index (χ1n) is 9.78. The third-order valence-corrected chi connectivity index (χ3v) is 5.48. The summed E-state index contributed by atoms with van der Waals surface area (Å²) in [6, 6.07) is 6.50. The van der Waals surface area contributed by atoms with Crippen molar-refractivity contribution in [2.45, 2.75) is 50.3 Å². The number of ether oxygens (including phenoxy) is 3. The first-order valence-corrected chi connectivity index (χ1v) is 9.78. The van der Waals surface area contributed by atoms with Crippen LogP contribution in [0.1, 0.15) is 37.1 Å². The third kappa shape index (κ3) is 4.22. The minimum atomic E-state index is -5.08. The highest BCUT2D eigenvalue weighted by Crippen LogP contribution is 2.43. The Bertz CT molecular complexity index is 1100. The van der Waals surface area contributed by atoms with E-state index in [9.17, 15) is 27.6 Å². The molecule has 2 heterocycles. The number of hydrogen-bond acceptors (Lipinski definition) is 6. The second-order valence-electron chi connectivity index (χ2n) is 7.86. The highest BCUT2D eigenvalue weighted by Gasteiger charge is 2.64. The molecule has 0 amide bonds. The number of esters is 1. The van der Waals surface area contributed by atoms with Crippen LogP contribution in [-0.4, -0.2) is 41.0 Å². The predicted octanol–water partition coefficient (Wildman–Crippen LogP) is 2.56. The minimum absolute atomic E-state index is 0.297. The van der Waals surface area contributed by atoms with Crippen molar-refractivity contribution in [3.8, 4) is 0 Å². The third-order valence-electron chi connectivity index (χ3n) is 5.48. The van der Waals surface area contributed by atoms with E-state index in [1.54, 1.807) is 6.92 Å². The molecule has 2 aromatic rings. The fourth-order valence-electron chi connectivity index (χ4n) is 3.68. The molecule has 1 aliphatic heterocycles. The molecule has 1 aromatic heterocycles. The van der Waals surface area contributed by atoms with Crippen LogP contribution in [0.2, 0.25) is 0 Å². The number of carbonyl (C=O) groups excluding carboxylic acids is 1. The van der Waals surface area contributed by atoms with E-state index < -0.39 is 53.0 Å². The maximum atomic E-state index is 14.0. The normalized spacial score (nSPS) is 23.0. The molecule has 0 saturated carbocycles. The molecule has 1 aliphatic rings. The van der Waals surface area contributed by atoms with E-state index in [0.717, 1.165) is 19.2 Å². The van der Waals surface area contributed by atoms with E-state index in [-0.39, 0.29) is 0 Å². The minimum Gasteiger partial charge on any atom is -0.460 e. The zero-order chi connectivity index (χ0) is 23.7. The summed E-state index contributed by atoms with van der Waals surface area (Å²) in [6.07, 6.45) is -3.88. The zero-order valence-corrected chi connectivity index (χ0v) is 17.7. The summed E-state index contributed by atoms with van der Waals surface area (Å²) in [4.78, 5) is 38.5. The molecule has 1 saturated heterocycles. The molecule has 32 heavy (non-hydrogen) atoms. The Morgan fingerprint density at radius 3 is 2.53 bits per heavy atom. The molecule has 0 spiro atoms. The average molecular weight is 456 g/mol. The molecular weight excluding hydrogens is 433 g/mol. The van der Waals surface area contributed by atoms with E-state index in [2.05, 4.69) is 4.98 Å². The standard InChI is InChI=1S/C21H23F3N2O6/c1-13-11-26(18(29)25-16(13)27)15-9-10-19(2,32-15)12-31-17(28)20(30-3,21(22,23)24)14-7-5-4-6-8-14/h4-8,11,15H,9-10,12H2,1-3H3,(H,25,27,29)/t15?,19-,20-/m0/s1. The summed E-state index contributed by atoms with van der Waals surface area (Å²) >= 11 is 0. The van der Waals surface area contributed by atoms with Gasteiger partial charge in [0.1, 0.15) is 18.4 Å². The van der Waals surface area contributed by atoms with Gasteiger partial charge < -0.3 is 14.2 Å². The number of methoxy groups -OCH3 is 1. The first kappa shape index (κ1) is 23.7. The van der Waals surface area contributed by atoms with E-state index in [4.69, 9.17) is 14.2 Å². The van der Waals surface area contributed by atoms with E-state index in [0.29, 0.717) is 18.4 Å². The van der Waals surface area contributed by atoms with Gasteiger partial charge in [-0.3, -0.25) is 14.3 Å². The molecule has 8 nitrogen and oxygen atoms in total. The number of nitrogens with one attached hydrogen (secondary N) is 1.